The highest BCUT2D eigenvalue weighted by Crippen LogP contribution is 2.39. The van der Waals surface area contributed by atoms with Gasteiger partial charge < -0.3 is 14.4 Å². The maximum Gasteiger partial charge on any atom is 0.243 e. The number of aryl methyl sites for hydroxylation is 1. The molecule has 3 aromatic rings. The van der Waals surface area contributed by atoms with Crippen molar-refractivity contribution in [2.45, 2.75) is 11.8 Å². The molecular formula is C25H25N3O4S. The number of aliphatic imine (C=N–C) groups is 1. The first-order valence-corrected chi connectivity index (χ1v) is 12.3. The molecule has 3 aromatic carbocycles. The van der Waals surface area contributed by atoms with Gasteiger partial charge in [0.15, 0.2) is 5.75 Å². The van der Waals surface area contributed by atoms with E-state index in [0.29, 0.717) is 48.3 Å². The number of hydrogen-bond acceptors (Lipinski definition) is 6. The van der Waals surface area contributed by atoms with Crippen molar-refractivity contribution in [2.75, 3.05) is 33.3 Å². The van der Waals surface area contributed by atoms with Crippen LogP contribution in [0.1, 0.15) is 11.1 Å². The topological polar surface area (TPSA) is 71.4 Å². The van der Waals surface area contributed by atoms with Crippen molar-refractivity contribution in [1.82, 2.24) is 9.21 Å². The monoisotopic (exact) mass is 463 g/mol. The molecule has 0 aliphatic carbocycles. The summed E-state index contributed by atoms with van der Waals surface area (Å²) in [4.78, 5) is 7.38. The first-order valence-electron chi connectivity index (χ1n) is 10.8. The van der Waals surface area contributed by atoms with Crippen LogP contribution in [0.3, 0.4) is 0 Å². The summed E-state index contributed by atoms with van der Waals surface area (Å²) in [6, 6.07) is 20.3. The van der Waals surface area contributed by atoms with Gasteiger partial charge in [-0.1, -0.05) is 24.3 Å². The molecule has 2 aliphatic heterocycles. The van der Waals surface area contributed by atoms with Gasteiger partial charge in [0.2, 0.25) is 10.0 Å². The lowest BCUT2D eigenvalue weighted by Gasteiger charge is -2.36. The van der Waals surface area contributed by atoms with E-state index in [2.05, 4.69) is 4.90 Å². The Bertz CT molecular complexity index is 1330. The molecule has 33 heavy (non-hydrogen) atoms. The number of rotatable bonds is 3. The third-order valence-electron chi connectivity index (χ3n) is 5.90. The molecule has 0 saturated carbocycles. The molecule has 2 aliphatic rings. The van der Waals surface area contributed by atoms with Crippen LogP contribution >= 0.6 is 0 Å². The summed E-state index contributed by atoms with van der Waals surface area (Å²) < 4.78 is 39.5. The summed E-state index contributed by atoms with van der Waals surface area (Å²) in [5, 5.41) is 0. The number of methoxy groups -OCH3 is 1. The van der Waals surface area contributed by atoms with Crippen LogP contribution in [-0.2, 0) is 10.0 Å². The summed E-state index contributed by atoms with van der Waals surface area (Å²) in [5.41, 5.74) is 2.48. The number of amidine groups is 1. The summed E-state index contributed by atoms with van der Waals surface area (Å²) in [6.07, 6.45) is 0. The Morgan fingerprint density at radius 2 is 1.70 bits per heavy atom. The van der Waals surface area contributed by atoms with Gasteiger partial charge in [-0.15, -0.1) is 0 Å². The number of nitrogens with zero attached hydrogens (tertiary/aromatic N) is 3. The maximum atomic E-state index is 13.2. The van der Waals surface area contributed by atoms with E-state index in [1.165, 1.54) is 0 Å². The second-order valence-corrected chi connectivity index (χ2v) is 10.0. The second kappa shape index (κ2) is 8.53. The minimum Gasteiger partial charge on any atom is -0.497 e. The fraction of sp³-hybridized carbons (Fsp3) is 0.240. The van der Waals surface area contributed by atoms with Gasteiger partial charge in [-0.05, 0) is 55.0 Å². The van der Waals surface area contributed by atoms with E-state index in [4.69, 9.17) is 14.5 Å². The van der Waals surface area contributed by atoms with Crippen molar-refractivity contribution in [3.8, 4) is 17.2 Å². The van der Waals surface area contributed by atoms with Crippen molar-refractivity contribution >= 4 is 21.5 Å². The van der Waals surface area contributed by atoms with Gasteiger partial charge in [0.25, 0.3) is 0 Å². The number of sulfonamides is 1. The minimum absolute atomic E-state index is 0.333. The second-order valence-electron chi connectivity index (χ2n) is 8.07. The Morgan fingerprint density at radius 3 is 2.45 bits per heavy atom. The van der Waals surface area contributed by atoms with Crippen molar-refractivity contribution in [2.24, 2.45) is 4.99 Å². The molecule has 0 bridgehead atoms. The van der Waals surface area contributed by atoms with E-state index >= 15 is 0 Å². The lowest BCUT2D eigenvalue weighted by molar-refractivity contribution is 0.266. The molecule has 0 unspecified atom stereocenters. The lowest BCUT2D eigenvalue weighted by atomic mass is 10.1. The number of fused-ring (bicyclic) bond motifs is 2. The van der Waals surface area contributed by atoms with Gasteiger partial charge in [0.1, 0.15) is 23.0 Å². The van der Waals surface area contributed by atoms with Crippen LogP contribution in [0.2, 0.25) is 0 Å². The molecule has 0 atom stereocenters. The SMILES string of the molecule is COc1ccc2c(c1)C(N1CCN(S(=O)(=O)c3cccc(C)c3)CC1)=Nc1ccccc1O2. The lowest BCUT2D eigenvalue weighted by Crippen LogP contribution is -2.50. The van der Waals surface area contributed by atoms with E-state index in [1.54, 1.807) is 29.6 Å². The predicted octanol–water partition coefficient (Wildman–Crippen LogP) is 4.19. The van der Waals surface area contributed by atoms with E-state index < -0.39 is 10.0 Å². The van der Waals surface area contributed by atoms with Crippen LogP contribution in [-0.4, -0.2) is 56.7 Å². The number of benzene rings is 3. The highest BCUT2D eigenvalue weighted by molar-refractivity contribution is 7.89. The Kier molecular flexibility index (Phi) is 5.55. The fourth-order valence-corrected chi connectivity index (χ4v) is 5.66. The first kappa shape index (κ1) is 21.5. The van der Waals surface area contributed by atoms with Gasteiger partial charge >= 0.3 is 0 Å². The molecule has 0 radical (unpaired) electrons. The van der Waals surface area contributed by atoms with Crippen LogP contribution in [0.4, 0.5) is 5.69 Å². The summed E-state index contributed by atoms with van der Waals surface area (Å²) in [7, 11) is -1.92. The Balaban J connectivity index is 1.46. The molecule has 170 valence electrons. The molecule has 2 heterocycles. The van der Waals surface area contributed by atoms with E-state index in [-0.39, 0.29) is 0 Å². The number of piperazine rings is 1. The molecule has 0 N–H and O–H groups in total. The molecule has 0 spiro atoms. The van der Waals surface area contributed by atoms with Gasteiger partial charge in [-0.2, -0.15) is 4.31 Å². The molecule has 1 saturated heterocycles. The van der Waals surface area contributed by atoms with Crippen LogP contribution < -0.4 is 9.47 Å². The molecule has 8 heteroatoms. The average Bonchev–Trinajstić information content (AvgIpc) is 3.00. The van der Waals surface area contributed by atoms with Gasteiger partial charge in [-0.25, -0.2) is 13.4 Å². The third-order valence-corrected chi connectivity index (χ3v) is 7.80. The first-order chi connectivity index (χ1) is 16.0. The fourth-order valence-electron chi connectivity index (χ4n) is 4.13. The zero-order valence-corrected chi connectivity index (χ0v) is 19.4. The molecule has 1 fully saturated rings. The van der Waals surface area contributed by atoms with Crippen LogP contribution in [0, 0.1) is 6.92 Å². The van der Waals surface area contributed by atoms with Gasteiger partial charge in [0, 0.05) is 26.2 Å². The van der Waals surface area contributed by atoms with E-state index in [9.17, 15) is 8.42 Å². The van der Waals surface area contributed by atoms with Crippen molar-refractivity contribution in [1.29, 1.82) is 0 Å². The van der Waals surface area contributed by atoms with Gasteiger partial charge in [0.05, 0.1) is 17.6 Å². The van der Waals surface area contributed by atoms with Crippen molar-refractivity contribution in [3.05, 3.63) is 77.9 Å². The zero-order chi connectivity index (χ0) is 23.0. The number of ether oxygens (including phenoxy) is 2. The smallest absolute Gasteiger partial charge is 0.243 e. The number of hydrogen-bond donors (Lipinski definition) is 0. The third kappa shape index (κ3) is 4.07. The summed E-state index contributed by atoms with van der Waals surface area (Å²) in [6.45, 7) is 3.67. The molecule has 0 aromatic heterocycles. The molecule has 0 amide bonds. The normalized spacial score (nSPS) is 16.2. The van der Waals surface area contributed by atoms with E-state index in [0.717, 1.165) is 22.6 Å². The van der Waals surface area contributed by atoms with Crippen LogP contribution in [0.25, 0.3) is 0 Å². The Hall–Kier alpha value is -3.36. The zero-order valence-electron chi connectivity index (χ0n) is 18.6. The largest absolute Gasteiger partial charge is 0.497 e. The van der Waals surface area contributed by atoms with Crippen molar-refractivity contribution in [3.63, 3.8) is 0 Å². The van der Waals surface area contributed by atoms with Gasteiger partial charge in [-0.3, -0.25) is 0 Å². The van der Waals surface area contributed by atoms with Crippen LogP contribution in [0.15, 0.2) is 76.6 Å². The Labute approximate surface area is 193 Å². The molecule has 7 nitrogen and oxygen atoms in total. The highest BCUT2D eigenvalue weighted by Gasteiger charge is 2.31. The quantitative estimate of drug-likeness (QED) is 0.582. The standard InChI is InChI=1S/C25H25N3O4S/c1-18-6-5-7-20(16-18)33(29,30)28-14-12-27(13-15-28)25-21-17-19(31-2)10-11-23(21)32-24-9-4-3-8-22(24)26-25/h3-11,16-17H,12-15H2,1-2H3. The maximum absolute atomic E-state index is 13.2. The van der Waals surface area contributed by atoms with Crippen LogP contribution in [0.5, 0.6) is 17.2 Å². The summed E-state index contributed by atoms with van der Waals surface area (Å²) >= 11 is 0. The summed E-state index contributed by atoms with van der Waals surface area (Å²) in [5.74, 6) is 2.83. The predicted molar refractivity (Wildman–Crippen MR) is 127 cm³/mol. The number of para-hydroxylation sites is 2. The minimum atomic E-state index is -3.54. The molecule has 5 rings (SSSR count). The average molecular weight is 464 g/mol. The highest BCUT2D eigenvalue weighted by atomic mass is 32.2. The van der Waals surface area contributed by atoms with E-state index in [1.807, 2.05) is 55.5 Å². The Morgan fingerprint density at radius 1 is 0.909 bits per heavy atom. The molecular weight excluding hydrogens is 438 g/mol. The van der Waals surface area contributed by atoms with Crippen molar-refractivity contribution < 1.29 is 17.9 Å².